The molecule has 0 atom stereocenters. The van der Waals surface area contributed by atoms with Gasteiger partial charge in [0.2, 0.25) is 0 Å². The van der Waals surface area contributed by atoms with Crippen LogP contribution in [0.3, 0.4) is 0 Å². The molecule has 0 bridgehead atoms. The molecule has 0 aliphatic heterocycles. The molecule has 0 fully saturated rings. The van der Waals surface area contributed by atoms with Crippen molar-refractivity contribution in [2.24, 2.45) is 0 Å². The second kappa shape index (κ2) is 7.48. The Morgan fingerprint density at radius 2 is 1.75 bits per heavy atom. The van der Waals surface area contributed by atoms with E-state index in [2.05, 4.69) is 40.3 Å². The van der Waals surface area contributed by atoms with Crippen LogP contribution in [0.1, 0.15) is 22.4 Å². The summed E-state index contributed by atoms with van der Waals surface area (Å²) >= 11 is 6.40. The Morgan fingerprint density at radius 1 is 1.00 bits per heavy atom. The summed E-state index contributed by atoms with van der Waals surface area (Å²) in [6.07, 6.45) is 1.46. The summed E-state index contributed by atoms with van der Waals surface area (Å²) in [6, 6.07) is 14.0. The number of ether oxygens (including phenoxy) is 1. The highest BCUT2D eigenvalue weighted by Gasteiger charge is 2.12. The summed E-state index contributed by atoms with van der Waals surface area (Å²) < 4.78 is 7.55. The van der Waals surface area contributed by atoms with E-state index in [9.17, 15) is 0 Å². The lowest BCUT2D eigenvalue weighted by molar-refractivity contribution is 0.482. The van der Waals surface area contributed by atoms with Crippen LogP contribution in [-0.4, -0.2) is 19.6 Å². The zero-order chi connectivity index (χ0) is 19.7. The predicted octanol–water partition coefficient (Wildman–Crippen LogP) is 5.11. The number of rotatable bonds is 5. The molecule has 0 spiro atoms. The van der Waals surface area contributed by atoms with Gasteiger partial charge >= 0.3 is 0 Å². The maximum Gasteiger partial charge on any atom is 0.254 e. The van der Waals surface area contributed by atoms with Gasteiger partial charge in [0.1, 0.15) is 22.8 Å². The summed E-state index contributed by atoms with van der Waals surface area (Å²) in [5.41, 5.74) is 4.26. The highest BCUT2D eigenvalue weighted by atomic mass is 35.5. The molecule has 0 aliphatic rings. The van der Waals surface area contributed by atoms with Gasteiger partial charge in [-0.25, -0.2) is 4.98 Å². The first-order valence-corrected chi connectivity index (χ1v) is 9.33. The van der Waals surface area contributed by atoms with Crippen LogP contribution in [0.15, 0.2) is 48.8 Å². The second-order valence-corrected chi connectivity index (χ2v) is 7.06. The average Bonchev–Trinajstić information content (AvgIpc) is 3.14. The van der Waals surface area contributed by atoms with Crippen molar-refractivity contribution in [1.29, 1.82) is 0 Å². The minimum Gasteiger partial charge on any atom is -0.457 e. The molecular formula is C21H20ClN5O. The standard InChI is InChI=1S/C21H20ClN5O/c1-13-4-7-18(10-14(13)2)28-17-8-5-16(6-9-17)11-23-20-19(22)15(3)26-21-24-12-25-27(20)21/h4-10,12,23H,11H2,1-3H3. The number of nitrogens with one attached hydrogen (secondary N) is 1. The van der Waals surface area contributed by atoms with Crippen molar-refractivity contribution in [2.75, 3.05) is 5.32 Å². The first kappa shape index (κ1) is 18.3. The molecule has 0 saturated heterocycles. The molecule has 28 heavy (non-hydrogen) atoms. The summed E-state index contributed by atoms with van der Waals surface area (Å²) in [4.78, 5) is 8.44. The lowest BCUT2D eigenvalue weighted by Crippen LogP contribution is -2.08. The summed E-state index contributed by atoms with van der Waals surface area (Å²) in [6.45, 7) is 6.60. The zero-order valence-corrected chi connectivity index (χ0v) is 16.7. The quantitative estimate of drug-likeness (QED) is 0.510. The zero-order valence-electron chi connectivity index (χ0n) is 15.9. The third-order valence-corrected chi connectivity index (χ3v) is 5.08. The largest absolute Gasteiger partial charge is 0.457 e. The number of halogens is 1. The normalized spacial score (nSPS) is 11.0. The van der Waals surface area contributed by atoms with Gasteiger partial charge in [-0.3, -0.25) is 0 Å². The summed E-state index contributed by atoms with van der Waals surface area (Å²) in [7, 11) is 0. The lowest BCUT2D eigenvalue weighted by Gasteiger charge is -2.12. The Balaban J connectivity index is 1.47. The van der Waals surface area contributed by atoms with Gasteiger partial charge in [-0.15, -0.1) is 0 Å². The van der Waals surface area contributed by atoms with Crippen LogP contribution in [-0.2, 0) is 6.54 Å². The van der Waals surface area contributed by atoms with E-state index in [-0.39, 0.29) is 0 Å². The average molecular weight is 394 g/mol. The molecule has 4 aromatic rings. The minimum atomic E-state index is 0.515. The number of hydrogen-bond donors (Lipinski definition) is 1. The number of fused-ring (bicyclic) bond motifs is 1. The summed E-state index contributed by atoms with van der Waals surface area (Å²) in [5, 5.41) is 8.05. The molecule has 2 aromatic heterocycles. The Labute approximate surface area is 168 Å². The highest BCUT2D eigenvalue weighted by molar-refractivity contribution is 6.33. The minimum absolute atomic E-state index is 0.515. The Bertz CT molecular complexity index is 1140. The number of aromatic nitrogens is 4. The number of hydrogen-bond acceptors (Lipinski definition) is 5. The van der Waals surface area contributed by atoms with E-state index in [1.807, 2.05) is 43.3 Å². The molecular weight excluding hydrogens is 374 g/mol. The topological polar surface area (TPSA) is 64.3 Å². The van der Waals surface area contributed by atoms with Crippen molar-refractivity contribution in [2.45, 2.75) is 27.3 Å². The van der Waals surface area contributed by atoms with Crippen molar-refractivity contribution in [3.63, 3.8) is 0 Å². The van der Waals surface area contributed by atoms with Gasteiger partial charge in [0.05, 0.1) is 5.69 Å². The number of benzene rings is 2. The molecule has 2 heterocycles. The van der Waals surface area contributed by atoms with Crippen molar-refractivity contribution in [3.8, 4) is 11.5 Å². The maximum absolute atomic E-state index is 6.40. The third-order valence-electron chi connectivity index (χ3n) is 4.63. The lowest BCUT2D eigenvalue weighted by atomic mass is 10.1. The first-order chi connectivity index (χ1) is 13.5. The van der Waals surface area contributed by atoms with Crippen LogP contribution < -0.4 is 10.1 Å². The Kier molecular flexibility index (Phi) is 4.88. The fourth-order valence-corrected chi connectivity index (χ4v) is 3.05. The van der Waals surface area contributed by atoms with Crippen molar-refractivity contribution in [3.05, 3.63) is 76.2 Å². The highest BCUT2D eigenvalue weighted by Crippen LogP contribution is 2.26. The van der Waals surface area contributed by atoms with Crippen LogP contribution in [0.25, 0.3) is 5.78 Å². The van der Waals surface area contributed by atoms with E-state index in [0.717, 1.165) is 17.1 Å². The molecule has 0 unspecified atom stereocenters. The molecule has 0 radical (unpaired) electrons. The van der Waals surface area contributed by atoms with Crippen molar-refractivity contribution in [1.82, 2.24) is 19.6 Å². The van der Waals surface area contributed by atoms with E-state index in [1.165, 1.54) is 17.5 Å². The Hall–Kier alpha value is -3.12. The smallest absolute Gasteiger partial charge is 0.254 e. The summed E-state index contributed by atoms with van der Waals surface area (Å²) in [5.74, 6) is 2.82. The monoisotopic (exact) mass is 393 g/mol. The number of aryl methyl sites for hydroxylation is 3. The molecule has 6 nitrogen and oxygen atoms in total. The molecule has 0 aliphatic carbocycles. The van der Waals surface area contributed by atoms with Crippen LogP contribution in [0, 0.1) is 20.8 Å². The molecule has 142 valence electrons. The molecule has 4 rings (SSSR count). The van der Waals surface area contributed by atoms with E-state index >= 15 is 0 Å². The van der Waals surface area contributed by atoms with Crippen molar-refractivity contribution >= 4 is 23.2 Å². The van der Waals surface area contributed by atoms with Crippen LogP contribution in [0.5, 0.6) is 11.5 Å². The number of nitrogens with zero attached hydrogens (tertiary/aromatic N) is 4. The fourth-order valence-electron chi connectivity index (χ4n) is 2.86. The van der Waals surface area contributed by atoms with Gasteiger partial charge in [0.25, 0.3) is 5.78 Å². The number of anilines is 1. The van der Waals surface area contributed by atoms with Gasteiger partial charge in [-0.2, -0.15) is 14.6 Å². The van der Waals surface area contributed by atoms with Gasteiger partial charge < -0.3 is 10.1 Å². The van der Waals surface area contributed by atoms with E-state index in [0.29, 0.717) is 28.9 Å². The fraction of sp³-hybridized carbons (Fsp3) is 0.190. The van der Waals surface area contributed by atoms with Crippen LogP contribution >= 0.6 is 11.6 Å². The molecule has 1 N–H and O–H groups in total. The second-order valence-electron chi connectivity index (χ2n) is 6.68. The molecule has 0 amide bonds. The predicted molar refractivity (Wildman–Crippen MR) is 110 cm³/mol. The van der Waals surface area contributed by atoms with E-state index < -0.39 is 0 Å². The van der Waals surface area contributed by atoms with Crippen LogP contribution in [0.2, 0.25) is 5.02 Å². The maximum atomic E-state index is 6.40. The van der Waals surface area contributed by atoms with Crippen molar-refractivity contribution < 1.29 is 4.74 Å². The molecule has 2 aromatic carbocycles. The molecule has 7 heteroatoms. The van der Waals surface area contributed by atoms with Gasteiger partial charge in [0.15, 0.2) is 5.82 Å². The Morgan fingerprint density at radius 3 is 2.50 bits per heavy atom. The van der Waals surface area contributed by atoms with Gasteiger partial charge in [0, 0.05) is 6.54 Å². The molecule has 0 saturated carbocycles. The SMILES string of the molecule is Cc1ccc(Oc2ccc(CNc3c(Cl)c(C)nc4ncnn34)cc2)cc1C. The van der Waals surface area contributed by atoms with Gasteiger partial charge in [-0.1, -0.05) is 29.8 Å². The van der Waals surface area contributed by atoms with Crippen LogP contribution in [0.4, 0.5) is 5.82 Å². The van der Waals surface area contributed by atoms with E-state index in [1.54, 1.807) is 4.52 Å². The first-order valence-electron chi connectivity index (χ1n) is 8.95. The van der Waals surface area contributed by atoms with Gasteiger partial charge in [-0.05, 0) is 61.7 Å². The third kappa shape index (κ3) is 3.64. The van der Waals surface area contributed by atoms with E-state index in [4.69, 9.17) is 16.3 Å².